The molecule has 1 aliphatic heterocycles. The molecule has 0 saturated carbocycles. The normalized spacial score (nSPS) is 15.6. The predicted molar refractivity (Wildman–Crippen MR) is 133 cm³/mol. The molecular formula is C25H28N6O3S. The van der Waals surface area contributed by atoms with Crippen LogP contribution >= 0.6 is 0 Å². The van der Waals surface area contributed by atoms with Gasteiger partial charge in [0.15, 0.2) is 21.5 Å². The number of fused-ring (bicyclic) bond motifs is 1. The average Bonchev–Trinajstić information content (AvgIpc) is 3.51. The zero-order chi connectivity index (χ0) is 24.7. The fourth-order valence-corrected chi connectivity index (χ4v) is 5.93. The number of H-pyrrole nitrogens is 1. The molecule has 4 aromatic rings. The molecule has 0 aliphatic carbocycles. The molecule has 182 valence electrons. The van der Waals surface area contributed by atoms with Crippen molar-refractivity contribution < 1.29 is 8.42 Å². The van der Waals surface area contributed by atoms with Crippen molar-refractivity contribution in [2.45, 2.75) is 50.4 Å². The lowest BCUT2D eigenvalue weighted by molar-refractivity contribution is 0.264. The van der Waals surface area contributed by atoms with Crippen molar-refractivity contribution in [2.24, 2.45) is 0 Å². The number of hydrogen-bond donors (Lipinski definition) is 1. The number of pyridine rings is 1. The molecule has 9 nitrogen and oxygen atoms in total. The molecule has 5 rings (SSSR count). The predicted octanol–water partition coefficient (Wildman–Crippen LogP) is 3.06. The van der Waals surface area contributed by atoms with Crippen LogP contribution in [0.15, 0.2) is 52.2 Å². The summed E-state index contributed by atoms with van der Waals surface area (Å²) < 4.78 is 27.6. The van der Waals surface area contributed by atoms with Crippen LogP contribution in [0.5, 0.6) is 0 Å². The highest BCUT2D eigenvalue weighted by Gasteiger charge is 2.33. The Labute approximate surface area is 203 Å². The van der Waals surface area contributed by atoms with E-state index in [1.807, 2.05) is 39.0 Å². The molecule has 0 spiro atoms. The lowest BCUT2D eigenvalue weighted by atomic mass is 10.0. The number of tetrazole rings is 1. The van der Waals surface area contributed by atoms with Gasteiger partial charge in [-0.05, 0) is 91.8 Å². The van der Waals surface area contributed by atoms with E-state index in [4.69, 9.17) is 0 Å². The van der Waals surface area contributed by atoms with Gasteiger partial charge in [-0.1, -0.05) is 29.8 Å². The van der Waals surface area contributed by atoms with Gasteiger partial charge in [-0.25, -0.2) is 13.1 Å². The van der Waals surface area contributed by atoms with Crippen LogP contribution in [0.1, 0.15) is 47.0 Å². The smallest absolute Gasteiger partial charge is 0.253 e. The second-order valence-corrected chi connectivity index (χ2v) is 11.2. The van der Waals surface area contributed by atoms with Crippen LogP contribution in [-0.4, -0.2) is 51.6 Å². The lowest BCUT2D eigenvalue weighted by Crippen LogP contribution is -2.34. The zero-order valence-corrected chi connectivity index (χ0v) is 20.8. The van der Waals surface area contributed by atoms with Crippen molar-refractivity contribution in [2.75, 3.05) is 13.1 Å². The van der Waals surface area contributed by atoms with Crippen molar-refractivity contribution in [3.8, 4) is 0 Å². The van der Waals surface area contributed by atoms with E-state index in [9.17, 15) is 13.2 Å². The highest BCUT2D eigenvalue weighted by molar-refractivity contribution is 7.90. The molecule has 0 amide bonds. The summed E-state index contributed by atoms with van der Waals surface area (Å²) in [5, 5.41) is 13.0. The van der Waals surface area contributed by atoms with Gasteiger partial charge in [-0.2, -0.15) is 0 Å². The Hall–Kier alpha value is -3.37. The van der Waals surface area contributed by atoms with Crippen molar-refractivity contribution in [3.63, 3.8) is 0 Å². The highest BCUT2D eigenvalue weighted by atomic mass is 32.2. The van der Waals surface area contributed by atoms with Gasteiger partial charge >= 0.3 is 0 Å². The molecule has 3 heterocycles. The van der Waals surface area contributed by atoms with Gasteiger partial charge in [-0.15, -0.1) is 5.10 Å². The Morgan fingerprint density at radius 3 is 2.46 bits per heavy atom. The average molecular weight is 493 g/mol. The summed E-state index contributed by atoms with van der Waals surface area (Å²) in [6.45, 7) is 7.44. The van der Waals surface area contributed by atoms with Gasteiger partial charge in [0.2, 0.25) is 0 Å². The van der Waals surface area contributed by atoms with E-state index in [1.165, 1.54) is 4.68 Å². The minimum Gasteiger partial charge on any atom is -0.321 e. The number of aromatic amines is 1. The molecule has 0 radical (unpaired) electrons. The number of sulfone groups is 1. The quantitative estimate of drug-likeness (QED) is 0.440. The van der Waals surface area contributed by atoms with Crippen LogP contribution in [-0.2, 0) is 15.7 Å². The van der Waals surface area contributed by atoms with Crippen molar-refractivity contribution in [1.82, 2.24) is 30.1 Å². The first-order valence-corrected chi connectivity index (χ1v) is 13.3. The Morgan fingerprint density at radius 2 is 1.74 bits per heavy atom. The van der Waals surface area contributed by atoms with Crippen LogP contribution < -0.4 is 5.56 Å². The molecule has 10 heteroatoms. The Balaban J connectivity index is 1.61. The molecule has 1 N–H and O–H groups in total. The third-order valence-corrected chi connectivity index (χ3v) is 8.43. The maximum absolute atomic E-state index is 13.4. The molecule has 1 aliphatic rings. The van der Waals surface area contributed by atoms with Gasteiger partial charge in [-0.3, -0.25) is 9.69 Å². The van der Waals surface area contributed by atoms with Crippen LogP contribution in [0.2, 0.25) is 0 Å². The molecule has 35 heavy (non-hydrogen) atoms. The van der Waals surface area contributed by atoms with Crippen molar-refractivity contribution >= 4 is 20.7 Å². The third kappa shape index (κ3) is 4.39. The van der Waals surface area contributed by atoms with Gasteiger partial charge in [0.05, 0.1) is 10.4 Å². The maximum atomic E-state index is 13.4. The minimum absolute atomic E-state index is 0.205. The Morgan fingerprint density at radius 1 is 1.03 bits per heavy atom. The van der Waals surface area contributed by atoms with Gasteiger partial charge in [0, 0.05) is 5.56 Å². The number of nitrogens with one attached hydrogen (secondary N) is 1. The van der Waals surface area contributed by atoms with E-state index in [0.29, 0.717) is 11.4 Å². The van der Waals surface area contributed by atoms with Crippen molar-refractivity contribution in [3.05, 3.63) is 80.9 Å². The van der Waals surface area contributed by atoms with Gasteiger partial charge < -0.3 is 4.98 Å². The SMILES string of the molecule is Cc1ccc(S(=O)(=O)Cn2nnnc2C(c2cc3ccc(C)c(C)c3[nH]c2=O)N2CCCC2)cc1. The van der Waals surface area contributed by atoms with E-state index in [0.717, 1.165) is 53.5 Å². The first kappa shape index (κ1) is 23.4. The van der Waals surface area contributed by atoms with E-state index < -0.39 is 21.8 Å². The van der Waals surface area contributed by atoms with Crippen LogP contribution in [0, 0.1) is 20.8 Å². The second-order valence-electron chi connectivity index (χ2n) is 9.26. The topological polar surface area (TPSA) is 114 Å². The molecular weight excluding hydrogens is 464 g/mol. The van der Waals surface area contributed by atoms with Gasteiger partial charge in [0.25, 0.3) is 5.56 Å². The number of rotatable bonds is 6. The zero-order valence-electron chi connectivity index (χ0n) is 20.0. The number of hydrogen-bond acceptors (Lipinski definition) is 7. The summed E-state index contributed by atoms with van der Waals surface area (Å²) in [5.41, 5.74) is 4.19. The van der Waals surface area contributed by atoms with Crippen LogP contribution in [0.3, 0.4) is 0 Å². The van der Waals surface area contributed by atoms with E-state index in [2.05, 4.69) is 25.4 Å². The standard InChI is InChI=1S/C25H28N6O3S/c1-16-6-10-20(11-7-16)35(33,34)15-31-24(27-28-29-31)23(30-12-4-5-13-30)21-14-19-9-8-17(2)18(3)22(19)26-25(21)32/h6-11,14,23H,4-5,12-13,15H2,1-3H3,(H,26,32). The van der Waals surface area contributed by atoms with Crippen molar-refractivity contribution in [1.29, 1.82) is 0 Å². The monoisotopic (exact) mass is 492 g/mol. The Kier molecular flexibility index (Phi) is 6.02. The van der Waals surface area contributed by atoms with E-state index in [-0.39, 0.29) is 10.5 Å². The van der Waals surface area contributed by atoms with E-state index in [1.54, 1.807) is 24.3 Å². The van der Waals surface area contributed by atoms with E-state index >= 15 is 0 Å². The first-order valence-electron chi connectivity index (χ1n) is 11.7. The third-order valence-electron chi connectivity index (χ3n) is 6.86. The molecule has 1 atom stereocenters. The summed E-state index contributed by atoms with van der Waals surface area (Å²) in [7, 11) is -3.70. The minimum atomic E-state index is -3.70. The van der Waals surface area contributed by atoms with Gasteiger partial charge in [0.1, 0.15) is 6.04 Å². The molecule has 2 aromatic carbocycles. The lowest BCUT2D eigenvalue weighted by Gasteiger charge is -2.26. The molecule has 1 fully saturated rings. The first-order chi connectivity index (χ1) is 16.7. The summed E-state index contributed by atoms with van der Waals surface area (Å²) in [5.74, 6) is -0.0664. The molecule has 2 aromatic heterocycles. The maximum Gasteiger partial charge on any atom is 0.253 e. The summed E-state index contributed by atoms with van der Waals surface area (Å²) in [6.07, 6.45) is 1.98. The van der Waals surface area contributed by atoms with Crippen LogP contribution in [0.4, 0.5) is 0 Å². The van der Waals surface area contributed by atoms with Crippen LogP contribution in [0.25, 0.3) is 10.9 Å². The number of likely N-dealkylation sites (tertiary alicyclic amines) is 1. The number of benzene rings is 2. The fraction of sp³-hybridized carbons (Fsp3) is 0.360. The Bertz CT molecular complexity index is 1550. The fourth-order valence-electron chi connectivity index (χ4n) is 4.72. The summed E-state index contributed by atoms with van der Waals surface area (Å²) in [4.78, 5) is 18.8. The number of nitrogens with zero attached hydrogens (tertiary/aromatic N) is 5. The largest absolute Gasteiger partial charge is 0.321 e. The summed E-state index contributed by atoms with van der Waals surface area (Å²) >= 11 is 0. The second kappa shape index (κ2) is 9.01. The highest BCUT2D eigenvalue weighted by Crippen LogP contribution is 2.31. The number of aryl methyl sites for hydroxylation is 3. The molecule has 1 saturated heterocycles. The summed E-state index contributed by atoms with van der Waals surface area (Å²) in [6, 6.07) is 12.0. The molecule has 1 unspecified atom stereocenters. The molecule has 0 bridgehead atoms. The number of aromatic nitrogens is 5.